The van der Waals surface area contributed by atoms with Crippen LogP contribution >= 0.6 is 23.2 Å². The van der Waals surface area contributed by atoms with Crippen molar-refractivity contribution in [3.05, 3.63) is 63.6 Å². The molecule has 1 N–H and O–H groups in total. The number of amides is 2. The van der Waals surface area contributed by atoms with Crippen LogP contribution in [0, 0.1) is 5.92 Å². The predicted molar refractivity (Wildman–Crippen MR) is 147 cm³/mol. The van der Waals surface area contributed by atoms with Gasteiger partial charge in [-0.1, -0.05) is 49.2 Å². The van der Waals surface area contributed by atoms with E-state index in [1.165, 1.54) is 11.0 Å². The Morgan fingerprint density at radius 3 is 2.26 bits per heavy atom. The van der Waals surface area contributed by atoms with Crippen LogP contribution in [-0.2, 0) is 32.3 Å². The lowest BCUT2D eigenvalue weighted by molar-refractivity contribution is -0.140. The third kappa shape index (κ3) is 9.88. The molecule has 2 rings (SSSR count). The van der Waals surface area contributed by atoms with Crippen molar-refractivity contribution < 1.29 is 31.2 Å². The highest BCUT2D eigenvalue weighted by molar-refractivity contribution is 7.92. The van der Waals surface area contributed by atoms with Crippen LogP contribution in [-0.4, -0.2) is 50.5 Å². The van der Waals surface area contributed by atoms with Crippen LogP contribution in [0.3, 0.4) is 0 Å². The highest BCUT2D eigenvalue weighted by Crippen LogP contribution is 2.32. The van der Waals surface area contributed by atoms with Crippen molar-refractivity contribution in [2.75, 3.05) is 23.7 Å². The molecule has 0 radical (unpaired) electrons. The fraction of sp³-hybridized carbons (Fsp3) is 0.462. The molecule has 1 atom stereocenters. The molecule has 0 spiro atoms. The van der Waals surface area contributed by atoms with E-state index in [1.54, 1.807) is 25.1 Å². The third-order valence-electron chi connectivity index (χ3n) is 5.80. The zero-order valence-electron chi connectivity index (χ0n) is 22.1. The van der Waals surface area contributed by atoms with Crippen LogP contribution in [0.25, 0.3) is 0 Å². The minimum Gasteiger partial charge on any atom is -0.354 e. The highest BCUT2D eigenvalue weighted by atomic mass is 35.5. The number of sulfonamides is 1. The number of carbonyl (C=O) groups excluding carboxylic acids is 2. The van der Waals surface area contributed by atoms with Gasteiger partial charge in [-0.25, -0.2) is 8.42 Å². The van der Waals surface area contributed by atoms with E-state index in [0.29, 0.717) is 17.1 Å². The molecular formula is C26H32Cl2F3N3O4S. The van der Waals surface area contributed by atoms with E-state index in [-0.39, 0.29) is 48.5 Å². The van der Waals surface area contributed by atoms with Crippen LogP contribution in [0.15, 0.2) is 42.5 Å². The lowest BCUT2D eigenvalue weighted by Crippen LogP contribution is -2.48. The number of anilines is 1. The molecule has 0 bridgehead atoms. The van der Waals surface area contributed by atoms with Crippen molar-refractivity contribution in [3.8, 4) is 0 Å². The Kier molecular flexibility index (Phi) is 11.5. The summed E-state index contributed by atoms with van der Waals surface area (Å²) in [5.74, 6) is -0.609. The maximum atomic E-state index is 13.3. The molecule has 0 saturated carbocycles. The molecule has 0 fully saturated rings. The van der Waals surface area contributed by atoms with E-state index >= 15 is 0 Å². The maximum absolute atomic E-state index is 13.3. The van der Waals surface area contributed by atoms with Crippen LogP contribution in [0.5, 0.6) is 0 Å². The number of halogens is 5. The summed E-state index contributed by atoms with van der Waals surface area (Å²) in [5.41, 5.74) is -0.518. The molecule has 0 aliphatic rings. The molecule has 13 heteroatoms. The SMILES string of the molecule is CC(C)CNC(=O)C(C)N(Cc1ccc(Cl)c(Cl)c1)C(=O)CCCN(c1cccc(C(F)(F)F)c1)S(C)(=O)=O. The largest absolute Gasteiger partial charge is 0.416 e. The first-order valence-corrected chi connectivity index (χ1v) is 14.8. The van der Waals surface area contributed by atoms with Gasteiger partial charge in [-0.2, -0.15) is 13.2 Å². The normalized spacial score (nSPS) is 12.8. The first-order valence-electron chi connectivity index (χ1n) is 12.2. The number of carbonyl (C=O) groups is 2. The van der Waals surface area contributed by atoms with Crippen molar-refractivity contribution >= 4 is 50.7 Å². The van der Waals surface area contributed by atoms with Gasteiger partial charge in [0.1, 0.15) is 6.04 Å². The minimum absolute atomic E-state index is 0.000353. The summed E-state index contributed by atoms with van der Waals surface area (Å²) in [4.78, 5) is 27.4. The molecule has 2 aromatic carbocycles. The number of alkyl halides is 3. The van der Waals surface area contributed by atoms with Gasteiger partial charge in [0, 0.05) is 26.1 Å². The molecule has 216 valence electrons. The standard InChI is InChI=1S/C26H32Cl2F3N3O4S/c1-17(2)15-32-25(36)18(3)33(16-19-10-11-22(27)23(28)13-19)24(35)9-6-12-34(39(4,37)38)21-8-5-7-20(14-21)26(29,30)31/h5,7-8,10-11,13-14,17-18H,6,9,12,15-16H2,1-4H3,(H,32,36). The van der Waals surface area contributed by atoms with Crippen molar-refractivity contribution in [3.63, 3.8) is 0 Å². The third-order valence-corrected chi connectivity index (χ3v) is 7.74. The van der Waals surface area contributed by atoms with E-state index in [0.717, 1.165) is 28.8 Å². The van der Waals surface area contributed by atoms with Crippen molar-refractivity contribution in [1.29, 1.82) is 0 Å². The predicted octanol–water partition coefficient (Wildman–Crippen LogP) is 5.75. The number of benzene rings is 2. The maximum Gasteiger partial charge on any atom is 0.416 e. The van der Waals surface area contributed by atoms with Gasteiger partial charge in [-0.05, 0) is 55.2 Å². The molecule has 1 unspecified atom stereocenters. The molecule has 0 heterocycles. The molecule has 7 nitrogen and oxygen atoms in total. The number of rotatable bonds is 12. The van der Waals surface area contributed by atoms with E-state index in [9.17, 15) is 31.2 Å². The van der Waals surface area contributed by atoms with Gasteiger partial charge in [0.2, 0.25) is 21.8 Å². The molecule has 0 aliphatic heterocycles. The summed E-state index contributed by atoms with van der Waals surface area (Å²) in [6.07, 6.45) is -3.92. The molecular weight excluding hydrogens is 578 g/mol. The Bertz CT molecular complexity index is 1270. The number of nitrogens with one attached hydrogen (secondary N) is 1. The quantitative estimate of drug-likeness (QED) is 0.332. The number of hydrogen-bond acceptors (Lipinski definition) is 4. The highest BCUT2D eigenvalue weighted by Gasteiger charge is 2.32. The molecule has 0 aliphatic carbocycles. The fourth-order valence-corrected chi connectivity index (χ4v) is 4.99. The Balaban J connectivity index is 2.23. The first kappa shape index (κ1) is 32.7. The smallest absolute Gasteiger partial charge is 0.354 e. The Morgan fingerprint density at radius 1 is 1.03 bits per heavy atom. The summed E-state index contributed by atoms with van der Waals surface area (Å²) in [7, 11) is -3.95. The zero-order chi connectivity index (χ0) is 29.5. The molecule has 2 amide bonds. The lowest BCUT2D eigenvalue weighted by atomic mass is 10.1. The summed E-state index contributed by atoms with van der Waals surface area (Å²) in [5, 5.41) is 3.41. The van der Waals surface area contributed by atoms with Gasteiger partial charge in [-0.3, -0.25) is 13.9 Å². The lowest BCUT2D eigenvalue weighted by Gasteiger charge is -2.30. The van der Waals surface area contributed by atoms with E-state index in [4.69, 9.17) is 23.2 Å². The van der Waals surface area contributed by atoms with Gasteiger partial charge in [-0.15, -0.1) is 0 Å². The molecule has 0 aromatic heterocycles. The van der Waals surface area contributed by atoms with Crippen molar-refractivity contribution in [2.24, 2.45) is 5.92 Å². The van der Waals surface area contributed by atoms with Gasteiger partial charge in [0.25, 0.3) is 0 Å². The second kappa shape index (κ2) is 13.7. The molecule has 0 saturated heterocycles. The van der Waals surface area contributed by atoms with Gasteiger partial charge in [0.15, 0.2) is 0 Å². The molecule has 39 heavy (non-hydrogen) atoms. The van der Waals surface area contributed by atoms with Crippen LogP contribution in [0.1, 0.15) is 44.7 Å². The number of nitrogens with zero attached hydrogens (tertiary/aromatic N) is 2. The second-order valence-electron chi connectivity index (χ2n) is 9.57. The van der Waals surface area contributed by atoms with Crippen molar-refractivity contribution in [2.45, 2.75) is 52.4 Å². The minimum atomic E-state index is -4.65. The average Bonchev–Trinajstić information content (AvgIpc) is 2.84. The summed E-state index contributed by atoms with van der Waals surface area (Å²) < 4.78 is 65.2. The van der Waals surface area contributed by atoms with Gasteiger partial charge < -0.3 is 10.2 Å². The van der Waals surface area contributed by atoms with Crippen LogP contribution in [0.4, 0.5) is 18.9 Å². The summed E-state index contributed by atoms with van der Waals surface area (Å²) in [6.45, 7) is 5.66. The Morgan fingerprint density at radius 2 is 1.69 bits per heavy atom. The monoisotopic (exact) mass is 609 g/mol. The summed E-state index contributed by atoms with van der Waals surface area (Å²) in [6, 6.07) is 7.95. The molecule has 2 aromatic rings. The number of hydrogen-bond donors (Lipinski definition) is 1. The Labute approximate surface area is 237 Å². The summed E-state index contributed by atoms with van der Waals surface area (Å²) >= 11 is 12.1. The zero-order valence-corrected chi connectivity index (χ0v) is 24.4. The topological polar surface area (TPSA) is 86.8 Å². The second-order valence-corrected chi connectivity index (χ2v) is 12.3. The first-order chi connectivity index (χ1) is 18.0. The average molecular weight is 611 g/mol. The van der Waals surface area contributed by atoms with Gasteiger partial charge >= 0.3 is 6.18 Å². The fourth-order valence-electron chi connectivity index (χ4n) is 3.71. The van der Waals surface area contributed by atoms with Gasteiger partial charge in [0.05, 0.1) is 27.6 Å². The Hall–Kier alpha value is -2.50. The van der Waals surface area contributed by atoms with Crippen LogP contribution in [0.2, 0.25) is 10.0 Å². The van der Waals surface area contributed by atoms with E-state index in [1.807, 2.05) is 13.8 Å². The van der Waals surface area contributed by atoms with Crippen molar-refractivity contribution in [1.82, 2.24) is 10.2 Å². The van der Waals surface area contributed by atoms with E-state index < -0.39 is 33.7 Å². The van der Waals surface area contributed by atoms with Crippen LogP contribution < -0.4 is 9.62 Å². The van der Waals surface area contributed by atoms with E-state index in [2.05, 4.69) is 5.32 Å².